The third-order valence-electron chi connectivity index (χ3n) is 6.14. The number of methoxy groups -OCH3 is 2. The van der Waals surface area contributed by atoms with Gasteiger partial charge in [0.05, 0.1) is 36.6 Å². The molecule has 176 valence electrons. The zero-order valence-corrected chi connectivity index (χ0v) is 20.2. The molecule has 0 amide bonds. The number of nitrogens with zero attached hydrogens (tertiary/aromatic N) is 3. The second-order valence-corrected chi connectivity index (χ2v) is 8.43. The zero-order chi connectivity index (χ0) is 23.4. The molecule has 4 aromatic heterocycles. The second-order valence-electron chi connectivity index (χ2n) is 8.43. The molecular weight excluding hydrogens is 416 g/mol. The Balaban J connectivity index is 1.50. The van der Waals surface area contributed by atoms with Crippen LogP contribution in [0.15, 0.2) is 24.5 Å². The highest BCUT2D eigenvalue weighted by molar-refractivity contribution is 5.86. The number of aromatic amines is 2. The molecule has 0 radical (unpaired) electrons. The quantitative estimate of drug-likeness (QED) is 0.303. The minimum absolute atomic E-state index is 0.647. The van der Waals surface area contributed by atoms with E-state index in [1.165, 1.54) is 21.9 Å². The van der Waals surface area contributed by atoms with E-state index < -0.39 is 0 Å². The number of likely N-dealkylation sites (N-methyl/N-ethyl adjacent to an activating group) is 2. The SMILES string of the molecule is CCNCCc1c[nH]c2c(CN(C)CCc3c[nH]c4c(C)nc(OC)cc34)nc(OC)cc12. The minimum Gasteiger partial charge on any atom is -0.481 e. The predicted octanol–water partition coefficient (Wildman–Crippen LogP) is 3.59. The lowest BCUT2D eigenvalue weighted by Gasteiger charge is -2.17. The summed E-state index contributed by atoms with van der Waals surface area (Å²) in [6, 6.07) is 4.04. The number of aryl methyl sites for hydroxylation is 1. The van der Waals surface area contributed by atoms with Crippen molar-refractivity contribution in [2.24, 2.45) is 0 Å². The second kappa shape index (κ2) is 10.2. The molecule has 0 aliphatic rings. The van der Waals surface area contributed by atoms with Crippen LogP contribution in [0.3, 0.4) is 0 Å². The molecule has 0 aromatic carbocycles. The van der Waals surface area contributed by atoms with Crippen molar-refractivity contribution >= 4 is 21.8 Å². The third-order valence-corrected chi connectivity index (χ3v) is 6.14. The van der Waals surface area contributed by atoms with Gasteiger partial charge in [-0.1, -0.05) is 6.92 Å². The van der Waals surface area contributed by atoms with Crippen LogP contribution >= 0.6 is 0 Å². The maximum absolute atomic E-state index is 5.51. The van der Waals surface area contributed by atoms with Gasteiger partial charge in [-0.3, -0.25) is 0 Å². The molecule has 0 aliphatic heterocycles. The predicted molar refractivity (Wildman–Crippen MR) is 132 cm³/mol. The topological polar surface area (TPSA) is 91.1 Å². The summed E-state index contributed by atoms with van der Waals surface area (Å²) in [4.78, 5) is 18.3. The van der Waals surface area contributed by atoms with E-state index in [4.69, 9.17) is 14.5 Å². The molecule has 8 nitrogen and oxygen atoms in total. The molecule has 0 spiro atoms. The first kappa shape index (κ1) is 23.1. The summed E-state index contributed by atoms with van der Waals surface area (Å²) in [5.41, 5.74) is 6.65. The van der Waals surface area contributed by atoms with Crippen molar-refractivity contribution in [3.63, 3.8) is 0 Å². The summed E-state index contributed by atoms with van der Waals surface area (Å²) < 4.78 is 10.9. The van der Waals surface area contributed by atoms with Gasteiger partial charge in [-0.25, -0.2) is 9.97 Å². The van der Waals surface area contributed by atoms with Gasteiger partial charge >= 0.3 is 0 Å². The first-order chi connectivity index (χ1) is 16.0. The highest BCUT2D eigenvalue weighted by Crippen LogP contribution is 2.27. The van der Waals surface area contributed by atoms with Gasteiger partial charge in [0.15, 0.2) is 0 Å². The van der Waals surface area contributed by atoms with Crippen molar-refractivity contribution in [2.45, 2.75) is 33.2 Å². The first-order valence-electron chi connectivity index (χ1n) is 11.5. The fraction of sp³-hybridized carbons (Fsp3) is 0.440. The van der Waals surface area contributed by atoms with Gasteiger partial charge in [-0.2, -0.15) is 0 Å². The lowest BCUT2D eigenvalue weighted by Crippen LogP contribution is -2.21. The molecule has 4 rings (SSSR count). The van der Waals surface area contributed by atoms with Crippen molar-refractivity contribution < 1.29 is 9.47 Å². The standard InChI is InChI=1S/C25H34N6O2/c1-6-26-9-7-17-13-28-25-20(17)12-23(33-5)30-21(25)15-31(3)10-8-18-14-27-24-16(2)29-22(32-4)11-19(18)24/h11-14,26-28H,6-10,15H2,1-5H3. The average molecular weight is 451 g/mol. The Kier molecular flexibility index (Phi) is 7.15. The Morgan fingerprint density at radius 2 is 1.58 bits per heavy atom. The third kappa shape index (κ3) is 4.96. The van der Waals surface area contributed by atoms with Crippen molar-refractivity contribution in [1.29, 1.82) is 0 Å². The van der Waals surface area contributed by atoms with Gasteiger partial charge in [0.25, 0.3) is 0 Å². The zero-order valence-electron chi connectivity index (χ0n) is 20.2. The first-order valence-corrected chi connectivity index (χ1v) is 11.5. The Hall–Kier alpha value is -3.10. The normalized spacial score (nSPS) is 11.7. The van der Waals surface area contributed by atoms with Crippen LogP contribution in [0.1, 0.15) is 29.4 Å². The lowest BCUT2D eigenvalue weighted by atomic mass is 10.1. The maximum atomic E-state index is 5.51. The van der Waals surface area contributed by atoms with E-state index in [1.54, 1.807) is 14.2 Å². The van der Waals surface area contributed by atoms with Crippen LogP contribution < -0.4 is 14.8 Å². The van der Waals surface area contributed by atoms with Crippen molar-refractivity contribution in [1.82, 2.24) is 30.2 Å². The number of nitrogens with one attached hydrogen (secondary N) is 3. The fourth-order valence-corrected chi connectivity index (χ4v) is 4.32. The molecule has 0 saturated carbocycles. The monoisotopic (exact) mass is 450 g/mol. The highest BCUT2D eigenvalue weighted by atomic mass is 16.5. The number of rotatable bonds is 11. The average Bonchev–Trinajstić information content (AvgIpc) is 3.42. The van der Waals surface area contributed by atoms with E-state index in [9.17, 15) is 0 Å². The fourth-order valence-electron chi connectivity index (χ4n) is 4.32. The van der Waals surface area contributed by atoms with Gasteiger partial charge in [0, 0.05) is 48.4 Å². The summed E-state index contributed by atoms with van der Waals surface area (Å²) in [7, 11) is 5.46. The number of hydrogen-bond acceptors (Lipinski definition) is 6. The minimum atomic E-state index is 0.647. The number of ether oxygens (including phenoxy) is 2. The van der Waals surface area contributed by atoms with Crippen LogP contribution in [0.5, 0.6) is 11.8 Å². The van der Waals surface area contributed by atoms with Crippen LogP contribution in [-0.2, 0) is 19.4 Å². The van der Waals surface area contributed by atoms with Crippen molar-refractivity contribution in [3.8, 4) is 11.8 Å². The van der Waals surface area contributed by atoms with Gasteiger partial charge in [0.1, 0.15) is 0 Å². The van der Waals surface area contributed by atoms with Crippen LogP contribution in [-0.4, -0.2) is 65.7 Å². The summed E-state index contributed by atoms with van der Waals surface area (Å²) in [6.45, 7) is 7.68. The summed E-state index contributed by atoms with van der Waals surface area (Å²) in [5.74, 6) is 1.30. The van der Waals surface area contributed by atoms with E-state index in [0.717, 1.165) is 61.4 Å². The number of pyridine rings is 2. The largest absolute Gasteiger partial charge is 0.481 e. The Labute approximate surface area is 194 Å². The molecule has 0 atom stereocenters. The highest BCUT2D eigenvalue weighted by Gasteiger charge is 2.15. The van der Waals surface area contributed by atoms with E-state index >= 15 is 0 Å². The molecule has 3 N–H and O–H groups in total. The lowest BCUT2D eigenvalue weighted by molar-refractivity contribution is 0.325. The molecular formula is C25H34N6O2. The molecule has 0 aliphatic carbocycles. The number of H-pyrrole nitrogens is 2. The van der Waals surface area contributed by atoms with Gasteiger partial charge in [-0.15, -0.1) is 0 Å². The van der Waals surface area contributed by atoms with Crippen LogP contribution in [0.4, 0.5) is 0 Å². The number of fused-ring (bicyclic) bond motifs is 2. The van der Waals surface area contributed by atoms with E-state index in [2.05, 4.69) is 51.5 Å². The molecule has 8 heteroatoms. The molecule has 0 bridgehead atoms. The molecule has 33 heavy (non-hydrogen) atoms. The van der Waals surface area contributed by atoms with E-state index in [0.29, 0.717) is 11.8 Å². The van der Waals surface area contributed by atoms with Crippen LogP contribution in [0, 0.1) is 6.92 Å². The van der Waals surface area contributed by atoms with Gasteiger partial charge in [-0.05, 0) is 51.0 Å². The van der Waals surface area contributed by atoms with Crippen molar-refractivity contribution in [3.05, 3.63) is 47.0 Å². The smallest absolute Gasteiger partial charge is 0.213 e. The van der Waals surface area contributed by atoms with E-state index in [-0.39, 0.29) is 0 Å². The summed E-state index contributed by atoms with van der Waals surface area (Å²) in [5, 5.41) is 5.76. The summed E-state index contributed by atoms with van der Waals surface area (Å²) >= 11 is 0. The molecule has 4 heterocycles. The van der Waals surface area contributed by atoms with E-state index in [1.807, 2.05) is 19.1 Å². The Morgan fingerprint density at radius 1 is 0.939 bits per heavy atom. The Bertz CT molecular complexity index is 1230. The molecule has 0 fully saturated rings. The number of aromatic nitrogens is 4. The molecule has 0 unspecified atom stereocenters. The summed E-state index contributed by atoms with van der Waals surface area (Å²) in [6.07, 6.45) is 6.06. The van der Waals surface area contributed by atoms with Crippen LogP contribution in [0.25, 0.3) is 21.8 Å². The Morgan fingerprint density at radius 3 is 2.27 bits per heavy atom. The molecule has 0 saturated heterocycles. The molecule has 4 aromatic rings. The number of hydrogen-bond donors (Lipinski definition) is 3. The van der Waals surface area contributed by atoms with Gasteiger partial charge in [0.2, 0.25) is 11.8 Å². The van der Waals surface area contributed by atoms with Crippen molar-refractivity contribution in [2.75, 3.05) is 40.9 Å². The maximum Gasteiger partial charge on any atom is 0.213 e. The van der Waals surface area contributed by atoms with Crippen LogP contribution in [0.2, 0.25) is 0 Å². The van der Waals surface area contributed by atoms with Gasteiger partial charge < -0.3 is 29.7 Å².